The number of carbonyl (C=O) groups is 2. The zero-order chi connectivity index (χ0) is 18.0. The van der Waals surface area contributed by atoms with Gasteiger partial charge in [-0.1, -0.05) is 42.4 Å². The van der Waals surface area contributed by atoms with Crippen LogP contribution in [0.1, 0.15) is 47.3 Å². The SMILES string of the molecule is CCc1noc(C)c1C(=O)N1CCN(C(C)=O)C(c2ccccc2)C1. The van der Waals surface area contributed by atoms with Gasteiger partial charge in [0.2, 0.25) is 5.91 Å². The predicted molar refractivity (Wildman–Crippen MR) is 93.1 cm³/mol. The molecule has 1 aliphatic heterocycles. The Morgan fingerprint density at radius 3 is 2.60 bits per heavy atom. The Kier molecular flexibility index (Phi) is 4.88. The van der Waals surface area contributed by atoms with Crippen molar-refractivity contribution < 1.29 is 14.1 Å². The van der Waals surface area contributed by atoms with E-state index in [9.17, 15) is 9.59 Å². The normalized spacial score (nSPS) is 17.6. The van der Waals surface area contributed by atoms with Gasteiger partial charge in [-0.3, -0.25) is 9.59 Å². The minimum atomic E-state index is -0.137. The smallest absolute Gasteiger partial charge is 0.259 e. The van der Waals surface area contributed by atoms with Gasteiger partial charge in [-0.15, -0.1) is 0 Å². The van der Waals surface area contributed by atoms with Gasteiger partial charge in [0.05, 0.1) is 11.7 Å². The summed E-state index contributed by atoms with van der Waals surface area (Å²) in [5.41, 5.74) is 2.28. The van der Waals surface area contributed by atoms with Crippen LogP contribution in [0.4, 0.5) is 0 Å². The van der Waals surface area contributed by atoms with E-state index in [4.69, 9.17) is 4.52 Å². The van der Waals surface area contributed by atoms with Crippen LogP contribution in [-0.2, 0) is 11.2 Å². The summed E-state index contributed by atoms with van der Waals surface area (Å²) in [6, 6.07) is 9.71. The van der Waals surface area contributed by atoms with Crippen LogP contribution in [0.25, 0.3) is 0 Å². The van der Waals surface area contributed by atoms with Crippen molar-refractivity contribution in [3.63, 3.8) is 0 Å². The van der Waals surface area contributed by atoms with Crippen molar-refractivity contribution in [1.29, 1.82) is 0 Å². The highest BCUT2D eigenvalue weighted by Gasteiger charge is 2.34. The first-order chi connectivity index (χ1) is 12.0. The van der Waals surface area contributed by atoms with Crippen LogP contribution in [0.3, 0.4) is 0 Å². The zero-order valence-electron chi connectivity index (χ0n) is 14.9. The highest BCUT2D eigenvalue weighted by Crippen LogP contribution is 2.27. The first-order valence-electron chi connectivity index (χ1n) is 8.59. The van der Waals surface area contributed by atoms with Crippen molar-refractivity contribution in [2.45, 2.75) is 33.2 Å². The van der Waals surface area contributed by atoms with Gasteiger partial charge in [0.25, 0.3) is 5.91 Å². The van der Waals surface area contributed by atoms with Crippen molar-refractivity contribution in [2.24, 2.45) is 0 Å². The van der Waals surface area contributed by atoms with Gasteiger partial charge in [0, 0.05) is 26.6 Å². The molecular formula is C19H23N3O3. The van der Waals surface area contributed by atoms with Crippen molar-refractivity contribution in [3.05, 3.63) is 52.9 Å². The monoisotopic (exact) mass is 341 g/mol. The number of hydrogen-bond donors (Lipinski definition) is 0. The summed E-state index contributed by atoms with van der Waals surface area (Å²) in [7, 11) is 0. The predicted octanol–water partition coefficient (Wildman–Crippen LogP) is 2.59. The molecule has 2 heterocycles. The number of benzene rings is 1. The Labute approximate surface area is 147 Å². The third-order valence-electron chi connectivity index (χ3n) is 4.74. The van der Waals surface area contributed by atoms with E-state index in [1.54, 1.807) is 18.7 Å². The van der Waals surface area contributed by atoms with Gasteiger partial charge in [-0.25, -0.2) is 0 Å². The first kappa shape index (κ1) is 17.2. The fraction of sp³-hybridized carbons (Fsp3) is 0.421. The van der Waals surface area contributed by atoms with Crippen LogP contribution in [0, 0.1) is 6.92 Å². The van der Waals surface area contributed by atoms with E-state index < -0.39 is 0 Å². The molecule has 2 aromatic rings. The molecule has 3 rings (SSSR count). The molecular weight excluding hydrogens is 318 g/mol. The molecule has 6 nitrogen and oxygen atoms in total. The Morgan fingerprint density at radius 1 is 1.24 bits per heavy atom. The number of aryl methyl sites for hydroxylation is 2. The van der Waals surface area contributed by atoms with Gasteiger partial charge in [-0.05, 0) is 18.9 Å². The Hall–Kier alpha value is -2.63. The molecule has 132 valence electrons. The summed E-state index contributed by atoms with van der Waals surface area (Å²) in [5, 5.41) is 3.98. The van der Waals surface area contributed by atoms with Crippen molar-refractivity contribution >= 4 is 11.8 Å². The molecule has 0 spiro atoms. The minimum absolute atomic E-state index is 0.0244. The molecule has 1 saturated heterocycles. The fourth-order valence-electron chi connectivity index (χ4n) is 3.40. The van der Waals surface area contributed by atoms with Gasteiger partial charge >= 0.3 is 0 Å². The molecule has 0 saturated carbocycles. The maximum absolute atomic E-state index is 13.0. The number of piperazine rings is 1. The molecule has 0 aliphatic carbocycles. The second-order valence-corrected chi connectivity index (χ2v) is 6.30. The molecule has 1 aromatic heterocycles. The quantitative estimate of drug-likeness (QED) is 0.861. The molecule has 6 heteroatoms. The number of aromatic nitrogens is 1. The van der Waals surface area contributed by atoms with Crippen LogP contribution in [0.2, 0.25) is 0 Å². The van der Waals surface area contributed by atoms with Crippen LogP contribution < -0.4 is 0 Å². The summed E-state index contributed by atoms with van der Waals surface area (Å²) in [5.74, 6) is 0.503. The topological polar surface area (TPSA) is 66.7 Å². The van der Waals surface area contributed by atoms with Crippen LogP contribution in [0.5, 0.6) is 0 Å². The lowest BCUT2D eigenvalue weighted by Crippen LogP contribution is -2.52. The van der Waals surface area contributed by atoms with E-state index in [0.29, 0.717) is 43.1 Å². The van der Waals surface area contributed by atoms with E-state index in [0.717, 1.165) is 5.56 Å². The summed E-state index contributed by atoms with van der Waals surface area (Å²) < 4.78 is 5.21. The number of rotatable bonds is 3. The Morgan fingerprint density at radius 2 is 1.96 bits per heavy atom. The van der Waals surface area contributed by atoms with Gasteiger partial charge in [-0.2, -0.15) is 0 Å². The van der Waals surface area contributed by atoms with Crippen molar-refractivity contribution in [2.75, 3.05) is 19.6 Å². The Balaban J connectivity index is 1.88. The highest BCUT2D eigenvalue weighted by molar-refractivity contribution is 5.96. The lowest BCUT2D eigenvalue weighted by atomic mass is 10.0. The van der Waals surface area contributed by atoms with E-state index in [1.807, 2.05) is 42.2 Å². The molecule has 1 aliphatic rings. The zero-order valence-corrected chi connectivity index (χ0v) is 14.9. The van der Waals surface area contributed by atoms with Crippen LogP contribution in [0.15, 0.2) is 34.9 Å². The molecule has 0 N–H and O–H groups in total. The fourth-order valence-corrected chi connectivity index (χ4v) is 3.40. The van der Waals surface area contributed by atoms with Crippen LogP contribution >= 0.6 is 0 Å². The molecule has 1 atom stereocenters. The molecule has 25 heavy (non-hydrogen) atoms. The maximum Gasteiger partial charge on any atom is 0.259 e. The number of nitrogens with zero attached hydrogens (tertiary/aromatic N) is 3. The third-order valence-corrected chi connectivity index (χ3v) is 4.74. The lowest BCUT2D eigenvalue weighted by molar-refractivity contribution is -0.133. The summed E-state index contributed by atoms with van der Waals surface area (Å²) in [4.78, 5) is 28.7. The average molecular weight is 341 g/mol. The van der Waals surface area contributed by atoms with E-state index in [2.05, 4.69) is 5.16 Å². The van der Waals surface area contributed by atoms with Crippen LogP contribution in [-0.4, -0.2) is 46.4 Å². The summed E-state index contributed by atoms with van der Waals surface area (Å²) in [6.07, 6.45) is 0.647. The van der Waals surface area contributed by atoms with E-state index in [1.165, 1.54) is 0 Å². The summed E-state index contributed by atoms with van der Waals surface area (Å²) >= 11 is 0. The number of amides is 2. The maximum atomic E-state index is 13.0. The van der Waals surface area contributed by atoms with E-state index in [-0.39, 0.29) is 17.9 Å². The standard InChI is InChI=1S/C19H23N3O3/c1-4-16-18(13(2)25-20-16)19(24)21-10-11-22(14(3)23)17(12-21)15-8-6-5-7-9-15/h5-9,17H,4,10-12H2,1-3H3. The van der Waals surface area contributed by atoms with Gasteiger partial charge in [0.15, 0.2) is 0 Å². The van der Waals surface area contributed by atoms with Gasteiger partial charge < -0.3 is 14.3 Å². The molecule has 1 unspecified atom stereocenters. The van der Waals surface area contributed by atoms with Gasteiger partial charge in [0.1, 0.15) is 11.3 Å². The second kappa shape index (κ2) is 7.09. The molecule has 1 fully saturated rings. The largest absolute Gasteiger partial charge is 0.361 e. The highest BCUT2D eigenvalue weighted by atomic mass is 16.5. The summed E-state index contributed by atoms with van der Waals surface area (Å²) in [6.45, 7) is 6.79. The van der Waals surface area contributed by atoms with Crippen molar-refractivity contribution in [3.8, 4) is 0 Å². The Bertz CT molecular complexity index is 769. The molecule has 2 amide bonds. The first-order valence-corrected chi connectivity index (χ1v) is 8.59. The number of carbonyl (C=O) groups excluding carboxylic acids is 2. The molecule has 0 bridgehead atoms. The lowest BCUT2D eigenvalue weighted by Gasteiger charge is -2.41. The average Bonchev–Trinajstić information content (AvgIpc) is 3.01. The second-order valence-electron chi connectivity index (χ2n) is 6.30. The van der Waals surface area contributed by atoms with E-state index >= 15 is 0 Å². The molecule has 0 radical (unpaired) electrons. The van der Waals surface area contributed by atoms with Crippen molar-refractivity contribution in [1.82, 2.24) is 15.0 Å². The third kappa shape index (κ3) is 3.29. The number of hydrogen-bond acceptors (Lipinski definition) is 4. The minimum Gasteiger partial charge on any atom is -0.361 e. The molecule has 1 aromatic carbocycles.